The highest BCUT2D eigenvalue weighted by Gasteiger charge is 2.08. The molecule has 0 aliphatic carbocycles. The molecule has 0 heterocycles. The first-order valence-corrected chi connectivity index (χ1v) is 4.61. The monoisotopic (exact) mass is 216 g/mol. The zero-order chi connectivity index (χ0) is 10.6. The topological polar surface area (TPSA) is 26.3 Å². The normalized spacial score (nSPS) is 9.93. The summed E-state index contributed by atoms with van der Waals surface area (Å²) in [5.74, 6) is -0.693. The molecule has 0 atom stereocenters. The molecule has 0 fully saturated rings. The molecular formula is C10H10ClFO2. The fourth-order valence-corrected chi connectivity index (χ4v) is 1.02. The number of benzene rings is 1. The first-order chi connectivity index (χ1) is 6.65. The maximum Gasteiger partial charge on any atom is 0.183 e. The third-order valence-corrected chi connectivity index (χ3v) is 1.99. The zero-order valence-electron chi connectivity index (χ0n) is 7.72. The second kappa shape index (κ2) is 4.96. The second-order valence-corrected chi connectivity index (χ2v) is 3.14. The van der Waals surface area contributed by atoms with Gasteiger partial charge in [-0.05, 0) is 12.1 Å². The van der Waals surface area contributed by atoms with Crippen molar-refractivity contribution in [2.75, 3.05) is 6.61 Å². The molecule has 1 rings (SSSR count). The van der Waals surface area contributed by atoms with Gasteiger partial charge in [0.2, 0.25) is 0 Å². The molecule has 14 heavy (non-hydrogen) atoms. The SMILES string of the molecule is CCC(=O)COc1cccc(Cl)c1F. The fourth-order valence-electron chi connectivity index (χ4n) is 0.856. The lowest BCUT2D eigenvalue weighted by Gasteiger charge is -2.05. The van der Waals surface area contributed by atoms with E-state index < -0.39 is 5.82 Å². The van der Waals surface area contributed by atoms with Crippen LogP contribution in [0.25, 0.3) is 0 Å². The summed E-state index contributed by atoms with van der Waals surface area (Å²) in [6.07, 6.45) is 0.377. The molecule has 0 aliphatic rings. The Hall–Kier alpha value is -1.09. The van der Waals surface area contributed by atoms with Gasteiger partial charge in [0.25, 0.3) is 0 Å². The minimum Gasteiger partial charge on any atom is -0.483 e. The first kappa shape index (κ1) is 11.0. The van der Waals surface area contributed by atoms with E-state index in [0.717, 1.165) is 0 Å². The molecule has 1 aromatic carbocycles. The van der Waals surface area contributed by atoms with Gasteiger partial charge in [-0.25, -0.2) is 4.39 Å². The van der Waals surface area contributed by atoms with E-state index in [0.29, 0.717) is 6.42 Å². The van der Waals surface area contributed by atoms with Crippen LogP contribution in [0.1, 0.15) is 13.3 Å². The molecule has 1 aromatic rings. The molecule has 0 aromatic heterocycles. The van der Waals surface area contributed by atoms with E-state index in [1.807, 2.05) is 0 Å². The predicted molar refractivity (Wildman–Crippen MR) is 52.2 cm³/mol. The Balaban J connectivity index is 2.68. The third-order valence-electron chi connectivity index (χ3n) is 1.70. The fraction of sp³-hybridized carbons (Fsp3) is 0.300. The number of halogens is 2. The molecule has 76 valence electrons. The van der Waals surface area contributed by atoms with Crippen LogP contribution in [0.15, 0.2) is 18.2 Å². The molecule has 0 spiro atoms. The highest BCUT2D eigenvalue weighted by atomic mass is 35.5. The second-order valence-electron chi connectivity index (χ2n) is 2.73. The summed E-state index contributed by atoms with van der Waals surface area (Å²) in [5.41, 5.74) is 0. The summed E-state index contributed by atoms with van der Waals surface area (Å²) in [4.78, 5) is 10.9. The summed E-state index contributed by atoms with van der Waals surface area (Å²) >= 11 is 5.52. The molecular weight excluding hydrogens is 207 g/mol. The molecule has 2 nitrogen and oxygen atoms in total. The third kappa shape index (κ3) is 2.70. The standard InChI is InChI=1S/C10H10ClFO2/c1-2-7(13)6-14-9-5-3-4-8(11)10(9)12/h3-5H,2,6H2,1H3. The van der Waals surface area contributed by atoms with Gasteiger partial charge in [0, 0.05) is 6.42 Å². The predicted octanol–water partition coefficient (Wildman–Crippen LogP) is 2.84. The smallest absolute Gasteiger partial charge is 0.183 e. The quantitative estimate of drug-likeness (QED) is 0.774. The number of hydrogen-bond donors (Lipinski definition) is 0. The van der Waals surface area contributed by atoms with Crippen molar-refractivity contribution in [1.29, 1.82) is 0 Å². The van der Waals surface area contributed by atoms with Crippen LogP contribution < -0.4 is 4.74 Å². The average Bonchev–Trinajstić information content (AvgIpc) is 2.20. The summed E-state index contributed by atoms with van der Waals surface area (Å²) in [7, 11) is 0. The van der Waals surface area contributed by atoms with Crippen LogP contribution in [0.2, 0.25) is 5.02 Å². The summed E-state index contributed by atoms with van der Waals surface area (Å²) in [6.45, 7) is 1.60. The summed E-state index contributed by atoms with van der Waals surface area (Å²) < 4.78 is 18.1. The number of carbonyl (C=O) groups is 1. The summed E-state index contributed by atoms with van der Waals surface area (Å²) in [6, 6.07) is 4.42. The van der Waals surface area contributed by atoms with Crippen LogP contribution in [0.4, 0.5) is 4.39 Å². The lowest BCUT2D eigenvalue weighted by Crippen LogP contribution is -2.10. The van der Waals surface area contributed by atoms with Crippen LogP contribution in [-0.2, 0) is 4.79 Å². The van der Waals surface area contributed by atoms with Gasteiger partial charge < -0.3 is 4.74 Å². The minimum absolute atomic E-state index is 0.00792. The number of rotatable bonds is 4. The number of ether oxygens (including phenoxy) is 1. The van der Waals surface area contributed by atoms with Crippen molar-refractivity contribution in [3.63, 3.8) is 0 Å². The zero-order valence-corrected chi connectivity index (χ0v) is 8.47. The number of ketones is 1. The largest absolute Gasteiger partial charge is 0.483 e. The van der Waals surface area contributed by atoms with E-state index in [2.05, 4.69) is 0 Å². The average molecular weight is 217 g/mol. The number of carbonyl (C=O) groups excluding carboxylic acids is 1. The van der Waals surface area contributed by atoms with Crippen LogP contribution >= 0.6 is 11.6 Å². The maximum absolute atomic E-state index is 13.2. The summed E-state index contributed by atoms with van der Waals surface area (Å²) in [5, 5.41) is -0.00792. The molecule has 0 saturated carbocycles. The van der Waals surface area contributed by atoms with Gasteiger partial charge in [0.05, 0.1) is 5.02 Å². The van der Waals surface area contributed by atoms with Gasteiger partial charge in [-0.15, -0.1) is 0 Å². The van der Waals surface area contributed by atoms with Crippen molar-refractivity contribution in [3.05, 3.63) is 29.0 Å². The van der Waals surface area contributed by atoms with Gasteiger partial charge >= 0.3 is 0 Å². The molecule has 4 heteroatoms. The van der Waals surface area contributed by atoms with Crippen molar-refractivity contribution >= 4 is 17.4 Å². The molecule has 0 unspecified atom stereocenters. The van der Waals surface area contributed by atoms with E-state index in [1.165, 1.54) is 12.1 Å². The maximum atomic E-state index is 13.2. The van der Waals surface area contributed by atoms with Gasteiger partial charge in [0.1, 0.15) is 6.61 Å². The van der Waals surface area contributed by atoms with Crippen molar-refractivity contribution in [1.82, 2.24) is 0 Å². The molecule has 0 saturated heterocycles. The highest BCUT2D eigenvalue weighted by molar-refractivity contribution is 6.30. The molecule has 0 bridgehead atoms. The van der Waals surface area contributed by atoms with E-state index in [-0.39, 0.29) is 23.2 Å². The van der Waals surface area contributed by atoms with E-state index >= 15 is 0 Å². The van der Waals surface area contributed by atoms with Gasteiger partial charge in [0.15, 0.2) is 17.3 Å². The van der Waals surface area contributed by atoms with Crippen molar-refractivity contribution < 1.29 is 13.9 Å². The molecule has 0 amide bonds. The molecule has 0 radical (unpaired) electrons. The Labute approximate surface area is 86.6 Å². The van der Waals surface area contributed by atoms with Crippen LogP contribution in [0, 0.1) is 5.82 Å². The van der Waals surface area contributed by atoms with Crippen LogP contribution in [-0.4, -0.2) is 12.4 Å². The van der Waals surface area contributed by atoms with Gasteiger partial charge in [-0.1, -0.05) is 24.6 Å². The minimum atomic E-state index is -0.627. The lowest BCUT2D eigenvalue weighted by molar-refractivity contribution is -0.120. The van der Waals surface area contributed by atoms with Gasteiger partial charge in [-0.2, -0.15) is 0 Å². The van der Waals surface area contributed by atoms with E-state index in [9.17, 15) is 9.18 Å². The lowest BCUT2D eigenvalue weighted by atomic mass is 10.3. The molecule has 0 aliphatic heterocycles. The van der Waals surface area contributed by atoms with Gasteiger partial charge in [-0.3, -0.25) is 4.79 Å². The van der Waals surface area contributed by atoms with E-state index in [4.69, 9.17) is 16.3 Å². The number of hydrogen-bond acceptors (Lipinski definition) is 2. The number of Topliss-reactive ketones (excluding diaryl/α,β-unsaturated/α-hetero) is 1. The molecule has 0 N–H and O–H groups in total. The van der Waals surface area contributed by atoms with Crippen LogP contribution in [0.5, 0.6) is 5.75 Å². The Morgan fingerprint density at radius 3 is 2.93 bits per heavy atom. The van der Waals surface area contributed by atoms with Crippen molar-refractivity contribution in [2.24, 2.45) is 0 Å². The Bertz CT molecular complexity index is 339. The highest BCUT2D eigenvalue weighted by Crippen LogP contribution is 2.23. The van der Waals surface area contributed by atoms with Crippen molar-refractivity contribution in [3.8, 4) is 5.75 Å². The first-order valence-electron chi connectivity index (χ1n) is 4.23. The van der Waals surface area contributed by atoms with E-state index in [1.54, 1.807) is 13.0 Å². The van der Waals surface area contributed by atoms with Crippen LogP contribution in [0.3, 0.4) is 0 Å². The Kier molecular flexibility index (Phi) is 3.89. The Morgan fingerprint density at radius 2 is 2.29 bits per heavy atom. The Morgan fingerprint density at radius 1 is 1.57 bits per heavy atom. The van der Waals surface area contributed by atoms with Crippen molar-refractivity contribution in [2.45, 2.75) is 13.3 Å².